The summed E-state index contributed by atoms with van der Waals surface area (Å²) in [7, 11) is 0. The molecular weight excluding hydrogens is 255 g/mol. The molecule has 2 unspecified atom stereocenters. The summed E-state index contributed by atoms with van der Waals surface area (Å²) >= 11 is 0. The number of morpholine rings is 1. The smallest absolute Gasteiger partial charge is 0.338 e. The molecule has 0 aromatic carbocycles. The molecule has 0 radical (unpaired) electrons. The zero-order valence-electron chi connectivity index (χ0n) is 10.4. The Kier molecular flexibility index (Phi) is 3.96. The predicted molar refractivity (Wildman–Crippen MR) is 64.8 cm³/mol. The van der Waals surface area contributed by atoms with Gasteiger partial charge in [0, 0.05) is 19.3 Å². The molecule has 1 fully saturated rings. The molecule has 1 aromatic rings. The third-order valence-electron chi connectivity index (χ3n) is 2.93. The average molecular weight is 270 g/mol. The van der Waals surface area contributed by atoms with E-state index in [2.05, 4.69) is 4.98 Å². The second-order valence-corrected chi connectivity index (χ2v) is 4.46. The van der Waals surface area contributed by atoms with Crippen LogP contribution >= 0.6 is 0 Å². The number of aromatic carboxylic acids is 1. The number of pyridine rings is 1. The number of aromatic nitrogens is 1. The van der Waals surface area contributed by atoms with Crippen LogP contribution in [0.1, 0.15) is 17.3 Å². The standard InChI is InChI=1S/C12H15FN2O4/c1-7-4-15(5-8(6-16)19-7)11-10(13)9(12(17)18)2-3-14-11/h2-3,7-8,16H,4-6H2,1H3,(H,17,18). The van der Waals surface area contributed by atoms with Crippen LogP contribution in [0, 0.1) is 5.82 Å². The van der Waals surface area contributed by atoms with Crippen LogP contribution in [0.25, 0.3) is 0 Å². The molecule has 1 aliphatic heterocycles. The number of carboxylic acid groups (broad SMARTS) is 1. The minimum absolute atomic E-state index is 0.0199. The number of carboxylic acids is 1. The first kappa shape index (κ1) is 13.7. The van der Waals surface area contributed by atoms with Crippen molar-refractivity contribution in [3.63, 3.8) is 0 Å². The van der Waals surface area contributed by atoms with E-state index in [0.717, 1.165) is 6.07 Å². The maximum atomic E-state index is 14.1. The molecule has 1 saturated heterocycles. The molecule has 1 aromatic heterocycles. The van der Waals surface area contributed by atoms with Crippen molar-refractivity contribution in [1.82, 2.24) is 4.98 Å². The number of aliphatic hydroxyl groups is 1. The van der Waals surface area contributed by atoms with Gasteiger partial charge in [0.05, 0.1) is 18.8 Å². The maximum Gasteiger partial charge on any atom is 0.338 e. The van der Waals surface area contributed by atoms with E-state index in [-0.39, 0.29) is 25.1 Å². The van der Waals surface area contributed by atoms with E-state index in [1.165, 1.54) is 6.20 Å². The highest BCUT2D eigenvalue weighted by atomic mass is 19.1. The van der Waals surface area contributed by atoms with Crippen LogP contribution < -0.4 is 4.90 Å². The minimum Gasteiger partial charge on any atom is -0.478 e. The highest BCUT2D eigenvalue weighted by Gasteiger charge is 2.28. The summed E-state index contributed by atoms with van der Waals surface area (Å²) in [5.41, 5.74) is -0.412. The van der Waals surface area contributed by atoms with Crippen LogP contribution in [-0.2, 0) is 4.74 Å². The van der Waals surface area contributed by atoms with Gasteiger partial charge in [-0.15, -0.1) is 0 Å². The lowest BCUT2D eigenvalue weighted by Crippen LogP contribution is -2.48. The minimum atomic E-state index is -1.33. The Morgan fingerprint density at radius 2 is 2.37 bits per heavy atom. The van der Waals surface area contributed by atoms with E-state index in [1.54, 1.807) is 11.8 Å². The fraction of sp³-hybridized carbons (Fsp3) is 0.500. The van der Waals surface area contributed by atoms with E-state index >= 15 is 0 Å². The van der Waals surface area contributed by atoms with Gasteiger partial charge in [0.2, 0.25) is 0 Å². The highest BCUT2D eigenvalue weighted by Crippen LogP contribution is 2.23. The first-order valence-corrected chi connectivity index (χ1v) is 5.92. The lowest BCUT2D eigenvalue weighted by molar-refractivity contribution is -0.0424. The summed E-state index contributed by atoms with van der Waals surface area (Å²) in [6.45, 7) is 2.28. The zero-order valence-corrected chi connectivity index (χ0v) is 10.4. The summed E-state index contributed by atoms with van der Waals surface area (Å²) in [6.07, 6.45) is 0.634. The topological polar surface area (TPSA) is 82.9 Å². The number of hydrogen-bond acceptors (Lipinski definition) is 5. The van der Waals surface area contributed by atoms with E-state index < -0.39 is 23.5 Å². The third kappa shape index (κ3) is 2.82. The molecule has 1 aliphatic rings. The Labute approximate surface area is 109 Å². The fourth-order valence-corrected chi connectivity index (χ4v) is 2.14. The van der Waals surface area contributed by atoms with Gasteiger partial charge in [-0.25, -0.2) is 14.2 Å². The third-order valence-corrected chi connectivity index (χ3v) is 2.93. The Morgan fingerprint density at radius 3 is 3.00 bits per heavy atom. The van der Waals surface area contributed by atoms with Gasteiger partial charge in [0.25, 0.3) is 0 Å². The second-order valence-electron chi connectivity index (χ2n) is 4.46. The van der Waals surface area contributed by atoms with Gasteiger partial charge in [-0.1, -0.05) is 0 Å². The van der Waals surface area contributed by atoms with Crippen LogP contribution in [0.15, 0.2) is 12.3 Å². The first-order chi connectivity index (χ1) is 9.02. The summed E-state index contributed by atoms with van der Waals surface area (Å²) in [5.74, 6) is -2.21. The molecule has 6 nitrogen and oxygen atoms in total. The number of anilines is 1. The number of aliphatic hydroxyl groups excluding tert-OH is 1. The summed E-state index contributed by atoms with van der Waals surface area (Å²) in [6, 6.07) is 1.12. The Hall–Kier alpha value is -1.73. The lowest BCUT2D eigenvalue weighted by atomic mass is 10.2. The summed E-state index contributed by atoms with van der Waals surface area (Å²) in [5, 5.41) is 18.0. The molecule has 0 bridgehead atoms. The van der Waals surface area contributed by atoms with Crippen molar-refractivity contribution in [1.29, 1.82) is 0 Å². The number of nitrogens with zero attached hydrogens (tertiary/aromatic N) is 2. The van der Waals surface area contributed by atoms with Gasteiger partial charge in [0.1, 0.15) is 5.56 Å². The van der Waals surface area contributed by atoms with Crippen LogP contribution in [0.3, 0.4) is 0 Å². The van der Waals surface area contributed by atoms with E-state index in [9.17, 15) is 9.18 Å². The Balaban J connectivity index is 2.31. The van der Waals surface area contributed by atoms with Crippen molar-refractivity contribution in [2.75, 3.05) is 24.6 Å². The van der Waals surface area contributed by atoms with E-state index in [1.807, 2.05) is 0 Å². The van der Waals surface area contributed by atoms with Crippen LogP contribution in [-0.4, -0.2) is 53.1 Å². The van der Waals surface area contributed by atoms with Gasteiger partial charge in [-0.05, 0) is 13.0 Å². The number of ether oxygens (including phenoxy) is 1. The Bertz CT molecular complexity index is 483. The molecular formula is C12H15FN2O4. The predicted octanol–water partition coefficient (Wildman–Crippen LogP) is 0.505. The Morgan fingerprint density at radius 1 is 1.63 bits per heavy atom. The molecule has 104 valence electrons. The molecule has 0 aliphatic carbocycles. The maximum absolute atomic E-state index is 14.1. The van der Waals surface area contributed by atoms with Crippen molar-refractivity contribution in [2.45, 2.75) is 19.1 Å². The second kappa shape index (κ2) is 5.50. The zero-order chi connectivity index (χ0) is 14.0. The van der Waals surface area contributed by atoms with Crippen molar-refractivity contribution >= 4 is 11.8 Å². The van der Waals surface area contributed by atoms with Crippen molar-refractivity contribution in [3.8, 4) is 0 Å². The van der Waals surface area contributed by atoms with Crippen LogP contribution in [0.4, 0.5) is 10.2 Å². The number of rotatable bonds is 3. The number of carbonyl (C=O) groups is 1. The average Bonchev–Trinajstić information content (AvgIpc) is 2.37. The summed E-state index contributed by atoms with van der Waals surface area (Å²) in [4.78, 5) is 16.4. The van der Waals surface area contributed by atoms with Crippen molar-refractivity contribution in [3.05, 3.63) is 23.6 Å². The van der Waals surface area contributed by atoms with Crippen LogP contribution in [0.5, 0.6) is 0 Å². The van der Waals surface area contributed by atoms with Gasteiger partial charge in [-0.3, -0.25) is 0 Å². The molecule has 7 heteroatoms. The molecule has 0 saturated carbocycles. The quantitative estimate of drug-likeness (QED) is 0.832. The molecule has 2 N–H and O–H groups in total. The largest absolute Gasteiger partial charge is 0.478 e. The SMILES string of the molecule is CC1CN(c2nccc(C(=O)O)c2F)CC(CO)O1. The molecule has 2 rings (SSSR count). The van der Waals surface area contributed by atoms with Crippen molar-refractivity contribution < 1.29 is 24.1 Å². The molecule has 0 amide bonds. The monoisotopic (exact) mass is 270 g/mol. The number of halogens is 1. The van der Waals surface area contributed by atoms with Crippen LogP contribution in [0.2, 0.25) is 0 Å². The van der Waals surface area contributed by atoms with E-state index in [0.29, 0.717) is 6.54 Å². The number of hydrogen-bond donors (Lipinski definition) is 2. The first-order valence-electron chi connectivity index (χ1n) is 5.92. The normalized spacial score (nSPS) is 23.4. The fourth-order valence-electron chi connectivity index (χ4n) is 2.14. The van der Waals surface area contributed by atoms with Gasteiger partial charge in [-0.2, -0.15) is 0 Å². The van der Waals surface area contributed by atoms with Gasteiger partial charge < -0.3 is 19.8 Å². The molecule has 19 heavy (non-hydrogen) atoms. The van der Waals surface area contributed by atoms with Gasteiger partial charge >= 0.3 is 5.97 Å². The lowest BCUT2D eigenvalue weighted by Gasteiger charge is -2.36. The molecule has 2 atom stereocenters. The highest BCUT2D eigenvalue weighted by molar-refractivity contribution is 5.88. The summed E-state index contributed by atoms with van der Waals surface area (Å²) < 4.78 is 19.5. The van der Waals surface area contributed by atoms with Crippen molar-refractivity contribution in [2.24, 2.45) is 0 Å². The molecule has 0 spiro atoms. The molecule has 2 heterocycles. The van der Waals surface area contributed by atoms with Gasteiger partial charge in [0.15, 0.2) is 11.6 Å². The van der Waals surface area contributed by atoms with E-state index in [4.69, 9.17) is 14.9 Å².